The Kier molecular flexibility index (Phi) is 3.67. The van der Waals surface area contributed by atoms with Gasteiger partial charge in [-0.2, -0.15) is 0 Å². The Bertz CT molecular complexity index is 555. The van der Waals surface area contributed by atoms with Gasteiger partial charge in [-0.05, 0) is 31.1 Å². The van der Waals surface area contributed by atoms with E-state index in [9.17, 15) is 14.7 Å². The van der Waals surface area contributed by atoms with Gasteiger partial charge in [-0.1, -0.05) is 5.16 Å². The highest BCUT2D eigenvalue weighted by molar-refractivity contribution is 5.92. The molecule has 0 aromatic carbocycles. The minimum Gasteiger partial charge on any atom is -0.481 e. The number of aliphatic carboxylic acids is 1. The number of amides is 1. The van der Waals surface area contributed by atoms with Crippen molar-refractivity contribution in [2.75, 3.05) is 7.11 Å². The lowest BCUT2D eigenvalue weighted by Crippen LogP contribution is -2.46. The predicted molar refractivity (Wildman–Crippen MR) is 70.4 cm³/mol. The largest absolute Gasteiger partial charge is 0.481 e. The first-order valence-electron chi connectivity index (χ1n) is 7.08. The topological polar surface area (TPSA) is 102 Å². The van der Waals surface area contributed by atoms with E-state index >= 15 is 0 Å². The van der Waals surface area contributed by atoms with Crippen molar-refractivity contribution in [2.24, 2.45) is 17.8 Å². The molecule has 2 aliphatic carbocycles. The molecule has 3 rings (SSSR count). The van der Waals surface area contributed by atoms with Gasteiger partial charge in [-0.3, -0.25) is 9.59 Å². The van der Waals surface area contributed by atoms with E-state index in [1.165, 1.54) is 13.2 Å². The second kappa shape index (κ2) is 5.48. The minimum atomic E-state index is -0.826. The average Bonchev–Trinajstić information content (AvgIpc) is 3.13. The second-order valence-electron chi connectivity index (χ2n) is 5.81. The summed E-state index contributed by atoms with van der Waals surface area (Å²) in [5.74, 6) is -0.800. The number of nitrogens with one attached hydrogen (secondary N) is 1. The summed E-state index contributed by atoms with van der Waals surface area (Å²) in [7, 11) is 1.52. The third-order valence-corrected chi connectivity index (χ3v) is 4.58. The molecule has 2 fully saturated rings. The number of ether oxygens (including phenoxy) is 1. The summed E-state index contributed by atoms with van der Waals surface area (Å²) in [6.45, 7) is 0.242. The molecule has 2 saturated carbocycles. The van der Waals surface area contributed by atoms with Crippen LogP contribution in [0.5, 0.6) is 0 Å². The molecule has 1 aromatic rings. The highest BCUT2D eigenvalue weighted by Gasteiger charge is 2.51. The van der Waals surface area contributed by atoms with Crippen molar-refractivity contribution in [1.29, 1.82) is 0 Å². The molecule has 1 heterocycles. The number of carbonyl (C=O) groups excluding carboxylic acids is 1. The predicted octanol–water partition coefficient (Wildman–Crippen LogP) is 1.05. The Morgan fingerprint density at radius 3 is 2.95 bits per heavy atom. The molecule has 0 saturated heterocycles. The van der Waals surface area contributed by atoms with Crippen LogP contribution in [0.1, 0.15) is 35.5 Å². The molecule has 21 heavy (non-hydrogen) atoms. The highest BCUT2D eigenvalue weighted by Crippen LogP contribution is 2.48. The summed E-state index contributed by atoms with van der Waals surface area (Å²) in [5.41, 5.74) is 0.161. The number of carbonyl (C=O) groups is 2. The first-order chi connectivity index (χ1) is 10.1. The Labute approximate surface area is 121 Å². The molecular weight excluding hydrogens is 276 g/mol. The van der Waals surface area contributed by atoms with E-state index in [1.807, 2.05) is 0 Å². The van der Waals surface area contributed by atoms with Gasteiger partial charge in [0.1, 0.15) is 6.61 Å². The van der Waals surface area contributed by atoms with Crippen molar-refractivity contribution in [3.05, 3.63) is 17.5 Å². The van der Waals surface area contributed by atoms with Gasteiger partial charge in [0.15, 0.2) is 11.5 Å². The van der Waals surface area contributed by atoms with E-state index in [1.54, 1.807) is 0 Å². The Hall–Kier alpha value is -1.89. The summed E-state index contributed by atoms with van der Waals surface area (Å²) in [6.07, 6.45) is 2.80. The van der Waals surface area contributed by atoms with Gasteiger partial charge in [0.2, 0.25) is 0 Å². The lowest BCUT2D eigenvalue weighted by atomic mass is 9.84. The number of rotatable bonds is 5. The summed E-state index contributed by atoms with van der Waals surface area (Å²) in [5, 5.41) is 15.9. The van der Waals surface area contributed by atoms with Crippen LogP contribution in [0.2, 0.25) is 0 Å². The third kappa shape index (κ3) is 2.53. The van der Waals surface area contributed by atoms with Crippen LogP contribution in [0, 0.1) is 17.8 Å². The van der Waals surface area contributed by atoms with E-state index in [4.69, 9.17) is 9.26 Å². The maximum atomic E-state index is 12.2. The van der Waals surface area contributed by atoms with E-state index in [2.05, 4.69) is 10.5 Å². The number of fused-ring (bicyclic) bond motifs is 2. The van der Waals surface area contributed by atoms with Gasteiger partial charge in [0.05, 0.1) is 5.92 Å². The lowest BCUT2D eigenvalue weighted by molar-refractivity contribution is -0.144. The Balaban J connectivity index is 1.70. The molecule has 1 amide bonds. The van der Waals surface area contributed by atoms with Crippen LogP contribution in [0.15, 0.2) is 10.6 Å². The SMILES string of the molecule is COCc1cc(C(=O)NC2C3CCC(C3)C2C(=O)O)no1. The summed E-state index contributed by atoms with van der Waals surface area (Å²) >= 11 is 0. The molecule has 7 nitrogen and oxygen atoms in total. The van der Waals surface area contributed by atoms with Crippen LogP contribution >= 0.6 is 0 Å². The standard InChI is InChI=1S/C14H18N2O5/c1-20-6-9-5-10(16-21-9)13(17)15-12-8-3-2-7(4-8)11(12)14(18)19/h5,7-8,11-12H,2-4,6H2,1H3,(H,15,17)(H,18,19). The van der Waals surface area contributed by atoms with E-state index < -0.39 is 11.9 Å². The summed E-state index contributed by atoms with van der Waals surface area (Å²) in [6, 6.07) is 1.21. The van der Waals surface area contributed by atoms with E-state index in [0.29, 0.717) is 5.76 Å². The Morgan fingerprint density at radius 2 is 2.24 bits per heavy atom. The molecule has 2 N–H and O–H groups in total. The van der Waals surface area contributed by atoms with Crippen molar-refractivity contribution < 1.29 is 24.0 Å². The van der Waals surface area contributed by atoms with Crippen molar-refractivity contribution in [2.45, 2.75) is 31.9 Å². The van der Waals surface area contributed by atoms with Crippen molar-refractivity contribution in [3.63, 3.8) is 0 Å². The molecule has 2 bridgehead atoms. The summed E-state index contributed by atoms with van der Waals surface area (Å²) in [4.78, 5) is 23.6. The molecule has 0 aliphatic heterocycles. The molecule has 4 atom stereocenters. The van der Waals surface area contributed by atoms with Crippen molar-refractivity contribution >= 4 is 11.9 Å². The first-order valence-corrected chi connectivity index (χ1v) is 7.08. The molecule has 4 unspecified atom stereocenters. The van der Waals surface area contributed by atoms with Crippen LogP contribution in [-0.4, -0.2) is 35.3 Å². The average molecular weight is 294 g/mol. The monoisotopic (exact) mass is 294 g/mol. The maximum absolute atomic E-state index is 12.2. The van der Waals surface area contributed by atoms with Crippen molar-refractivity contribution in [1.82, 2.24) is 10.5 Å². The maximum Gasteiger partial charge on any atom is 0.308 e. The Morgan fingerprint density at radius 1 is 1.48 bits per heavy atom. The summed E-state index contributed by atoms with van der Waals surface area (Å²) < 4.78 is 9.87. The molecule has 2 aliphatic rings. The second-order valence-corrected chi connectivity index (χ2v) is 5.81. The number of hydrogen-bond acceptors (Lipinski definition) is 5. The van der Waals surface area contributed by atoms with Crippen LogP contribution in [0.4, 0.5) is 0 Å². The van der Waals surface area contributed by atoms with Gasteiger partial charge in [0, 0.05) is 19.2 Å². The molecule has 0 spiro atoms. The van der Waals surface area contributed by atoms with Gasteiger partial charge >= 0.3 is 5.97 Å². The molecule has 7 heteroatoms. The first kappa shape index (κ1) is 14.1. The number of carboxylic acid groups (broad SMARTS) is 1. The number of carboxylic acids is 1. The van der Waals surface area contributed by atoms with Crippen LogP contribution in [-0.2, 0) is 16.1 Å². The lowest BCUT2D eigenvalue weighted by Gasteiger charge is -2.28. The minimum absolute atomic E-state index is 0.161. The van der Waals surface area contributed by atoms with Crippen LogP contribution < -0.4 is 5.32 Å². The number of aromatic nitrogens is 1. The van der Waals surface area contributed by atoms with Crippen LogP contribution in [0.3, 0.4) is 0 Å². The smallest absolute Gasteiger partial charge is 0.308 e. The fraction of sp³-hybridized carbons (Fsp3) is 0.643. The zero-order chi connectivity index (χ0) is 15.0. The van der Waals surface area contributed by atoms with Crippen molar-refractivity contribution in [3.8, 4) is 0 Å². The zero-order valence-corrected chi connectivity index (χ0v) is 11.7. The van der Waals surface area contributed by atoms with Gasteiger partial charge in [-0.15, -0.1) is 0 Å². The van der Waals surface area contributed by atoms with E-state index in [-0.39, 0.29) is 36.1 Å². The quantitative estimate of drug-likeness (QED) is 0.841. The molecule has 0 radical (unpaired) electrons. The van der Waals surface area contributed by atoms with Gasteiger partial charge in [0.25, 0.3) is 5.91 Å². The molecule has 114 valence electrons. The van der Waals surface area contributed by atoms with Gasteiger partial charge < -0.3 is 19.7 Å². The number of hydrogen-bond donors (Lipinski definition) is 2. The molecular formula is C14H18N2O5. The fourth-order valence-electron chi connectivity index (χ4n) is 3.71. The van der Waals surface area contributed by atoms with Gasteiger partial charge in [-0.25, -0.2) is 0 Å². The third-order valence-electron chi connectivity index (χ3n) is 4.58. The fourth-order valence-corrected chi connectivity index (χ4v) is 3.71. The molecule has 1 aromatic heterocycles. The van der Waals surface area contributed by atoms with Crippen LogP contribution in [0.25, 0.3) is 0 Å². The highest BCUT2D eigenvalue weighted by atomic mass is 16.5. The zero-order valence-electron chi connectivity index (χ0n) is 11.7. The number of nitrogens with zero attached hydrogens (tertiary/aromatic N) is 1. The van der Waals surface area contributed by atoms with E-state index in [0.717, 1.165) is 19.3 Å². The number of methoxy groups -OCH3 is 1. The normalized spacial score (nSPS) is 30.5.